The Kier molecular flexibility index (Phi) is 3.53. The standard InChI is InChI=1S/C16H11ClN4O/c1-21-14-4-3-11(8-10(14)2-5-15(21)22)20-13-6-7-19-16(17)12(13)9-18/h2-8H,1H3,(H,19,20). The predicted molar refractivity (Wildman–Crippen MR) is 86.4 cm³/mol. The summed E-state index contributed by atoms with van der Waals surface area (Å²) in [7, 11) is 1.73. The van der Waals surface area contributed by atoms with Crippen LogP contribution in [0.5, 0.6) is 0 Å². The van der Waals surface area contributed by atoms with E-state index in [9.17, 15) is 4.79 Å². The molecule has 0 bridgehead atoms. The van der Waals surface area contributed by atoms with Gasteiger partial charge in [0.2, 0.25) is 0 Å². The number of rotatable bonds is 2. The number of hydrogen-bond acceptors (Lipinski definition) is 4. The minimum absolute atomic E-state index is 0.0547. The van der Waals surface area contributed by atoms with E-state index in [0.717, 1.165) is 16.6 Å². The Balaban J connectivity index is 2.06. The summed E-state index contributed by atoms with van der Waals surface area (Å²) < 4.78 is 1.59. The van der Waals surface area contributed by atoms with Gasteiger partial charge in [0.25, 0.3) is 5.56 Å². The Labute approximate surface area is 131 Å². The highest BCUT2D eigenvalue weighted by Crippen LogP contribution is 2.26. The highest BCUT2D eigenvalue weighted by Gasteiger charge is 2.08. The van der Waals surface area contributed by atoms with Crippen LogP contribution in [0.15, 0.2) is 47.4 Å². The summed E-state index contributed by atoms with van der Waals surface area (Å²) in [4.78, 5) is 15.5. The lowest BCUT2D eigenvalue weighted by Crippen LogP contribution is -2.14. The molecular weight excluding hydrogens is 300 g/mol. The second kappa shape index (κ2) is 5.51. The molecule has 0 atom stereocenters. The Bertz CT molecular complexity index is 972. The van der Waals surface area contributed by atoms with E-state index in [1.54, 1.807) is 23.7 Å². The van der Waals surface area contributed by atoms with Crippen molar-refractivity contribution in [3.05, 3.63) is 63.7 Å². The number of nitrogens with one attached hydrogen (secondary N) is 1. The molecule has 0 aliphatic heterocycles. The summed E-state index contributed by atoms with van der Waals surface area (Å²) >= 11 is 5.92. The van der Waals surface area contributed by atoms with Gasteiger partial charge in [-0.1, -0.05) is 11.6 Å². The Morgan fingerprint density at radius 3 is 2.86 bits per heavy atom. The van der Waals surface area contributed by atoms with E-state index in [-0.39, 0.29) is 10.7 Å². The van der Waals surface area contributed by atoms with Gasteiger partial charge in [0, 0.05) is 30.4 Å². The minimum atomic E-state index is -0.0547. The van der Waals surface area contributed by atoms with Crippen molar-refractivity contribution in [1.82, 2.24) is 9.55 Å². The van der Waals surface area contributed by atoms with Crippen LogP contribution in [-0.4, -0.2) is 9.55 Å². The Morgan fingerprint density at radius 2 is 2.09 bits per heavy atom. The maximum atomic E-state index is 11.6. The first-order valence-electron chi connectivity index (χ1n) is 6.51. The molecule has 6 heteroatoms. The van der Waals surface area contributed by atoms with Crippen molar-refractivity contribution < 1.29 is 0 Å². The molecule has 0 unspecified atom stereocenters. The third kappa shape index (κ3) is 2.41. The second-order valence-electron chi connectivity index (χ2n) is 4.77. The average Bonchev–Trinajstić information content (AvgIpc) is 2.51. The Morgan fingerprint density at radius 1 is 1.27 bits per heavy atom. The van der Waals surface area contributed by atoms with Gasteiger partial charge in [-0.3, -0.25) is 4.79 Å². The number of fused-ring (bicyclic) bond motifs is 1. The van der Waals surface area contributed by atoms with E-state index in [0.29, 0.717) is 11.3 Å². The summed E-state index contributed by atoms with van der Waals surface area (Å²) in [6.07, 6.45) is 1.54. The highest BCUT2D eigenvalue weighted by molar-refractivity contribution is 6.31. The molecule has 5 nitrogen and oxygen atoms in total. The number of pyridine rings is 2. The molecule has 2 heterocycles. The number of benzene rings is 1. The van der Waals surface area contributed by atoms with Crippen LogP contribution in [0.4, 0.5) is 11.4 Å². The molecule has 0 saturated heterocycles. The van der Waals surface area contributed by atoms with E-state index in [1.807, 2.05) is 24.3 Å². The third-order valence-electron chi connectivity index (χ3n) is 3.42. The monoisotopic (exact) mass is 310 g/mol. The maximum Gasteiger partial charge on any atom is 0.250 e. The van der Waals surface area contributed by atoms with Crippen LogP contribution in [0.2, 0.25) is 5.15 Å². The zero-order chi connectivity index (χ0) is 15.7. The van der Waals surface area contributed by atoms with E-state index in [1.165, 1.54) is 12.3 Å². The fourth-order valence-electron chi connectivity index (χ4n) is 2.27. The minimum Gasteiger partial charge on any atom is -0.354 e. The lowest BCUT2D eigenvalue weighted by Gasteiger charge is -2.11. The summed E-state index contributed by atoms with van der Waals surface area (Å²) in [6.45, 7) is 0. The number of halogens is 1. The second-order valence-corrected chi connectivity index (χ2v) is 5.12. The van der Waals surface area contributed by atoms with Crippen LogP contribution in [0.25, 0.3) is 10.9 Å². The first-order chi connectivity index (χ1) is 10.6. The lowest BCUT2D eigenvalue weighted by atomic mass is 10.1. The molecule has 2 aromatic heterocycles. The van der Waals surface area contributed by atoms with Gasteiger partial charge in [-0.25, -0.2) is 4.98 Å². The van der Waals surface area contributed by atoms with Crippen LogP contribution in [0, 0.1) is 11.3 Å². The molecule has 22 heavy (non-hydrogen) atoms. The molecule has 0 spiro atoms. The fourth-order valence-corrected chi connectivity index (χ4v) is 2.47. The van der Waals surface area contributed by atoms with E-state index >= 15 is 0 Å². The quantitative estimate of drug-likeness (QED) is 0.738. The van der Waals surface area contributed by atoms with Gasteiger partial charge < -0.3 is 9.88 Å². The smallest absolute Gasteiger partial charge is 0.250 e. The molecule has 1 N–H and O–H groups in total. The van der Waals surface area contributed by atoms with Crippen LogP contribution in [0.1, 0.15) is 5.56 Å². The molecule has 3 aromatic rings. The van der Waals surface area contributed by atoms with Crippen LogP contribution in [0.3, 0.4) is 0 Å². The van der Waals surface area contributed by atoms with Crippen LogP contribution in [-0.2, 0) is 7.05 Å². The van der Waals surface area contributed by atoms with E-state index in [2.05, 4.69) is 10.3 Å². The zero-order valence-corrected chi connectivity index (χ0v) is 12.4. The number of nitriles is 1. The van der Waals surface area contributed by atoms with Gasteiger partial charge in [-0.15, -0.1) is 0 Å². The van der Waals surface area contributed by atoms with Gasteiger partial charge in [0.15, 0.2) is 0 Å². The van der Waals surface area contributed by atoms with Crippen molar-refractivity contribution >= 4 is 33.9 Å². The fraction of sp³-hybridized carbons (Fsp3) is 0.0625. The maximum absolute atomic E-state index is 11.6. The first kappa shape index (κ1) is 14.1. The summed E-state index contributed by atoms with van der Waals surface area (Å²) in [5, 5.41) is 13.4. The number of hydrogen-bond donors (Lipinski definition) is 1. The topological polar surface area (TPSA) is 70.7 Å². The molecular formula is C16H11ClN4O. The van der Waals surface area contributed by atoms with Crippen molar-refractivity contribution in [2.45, 2.75) is 0 Å². The largest absolute Gasteiger partial charge is 0.354 e. The molecule has 3 rings (SSSR count). The molecule has 0 aliphatic rings. The number of nitrogens with zero attached hydrogens (tertiary/aromatic N) is 3. The van der Waals surface area contributed by atoms with Gasteiger partial charge in [0.1, 0.15) is 16.8 Å². The molecule has 1 aromatic carbocycles. The third-order valence-corrected chi connectivity index (χ3v) is 3.71. The van der Waals surface area contributed by atoms with Crippen molar-refractivity contribution in [2.24, 2.45) is 7.05 Å². The number of anilines is 2. The van der Waals surface area contributed by atoms with Crippen molar-refractivity contribution in [2.75, 3.05) is 5.32 Å². The van der Waals surface area contributed by atoms with Gasteiger partial charge >= 0.3 is 0 Å². The van der Waals surface area contributed by atoms with Gasteiger partial charge in [-0.05, 0) is 30.3 Å². The normalized spacial score (nSPS) is 10.4. The van der Waals surface area contributed by atoms with Crippen LogP contribution >= 0.6 is 11.6 Å². The predicted octanol–water partition coefficient (Wildman–Crippen LogP) is 3.20. The molecule has 0 radical (unpaired) electrons. The molecule has 0 fully saturated rings. The molecule has 108 valence electrons. The summed E-state index contributed by atoms with van der Waals surface area (Å²) in [5.41, 5.74) is 2.47. The summed E-state index contributed by atoms with van der Waals surface area (Å²) in [6, 6.07) is 12.6. The SMILES string of the molecule is Cn1c(=O)ccc2cc(Nc3ccnc(Cl)c3C#N)ccc21. The Hall–Kier alpha value is -2.84. The van der Waals surface area contributed by atoms with Crippen molar-refractivity contribution in [3.63, 3.8) is 0 Å². The average molecular weight is 311 g/mol. The van der Waals surface area contributed by atoms with Crippen molar-refractivity contribution in [3.8, 4) is 6.07 Å². The van der Waals surface area contributed by atoms with E-state index < -0.39 is 0 Å². The lowest BCUT2D eigenvalue weighted by molar-refractivity contribution is 0.906. The highest BCUT2D eigenvalue weighted by atomic mass is 35.5. The van der Waals surface area contributed by atoms with Gasteiger partial charge in [-0.2, -0.15) is 5.26 Å². The van der Waals surface area contributed by atoms with Crippen molar-refractivity contribution in [1.29, 1.82) is 5.26 Å². The zero-order valence-electron chi connectivity index (χ0n) is 11.7. The molecule has 0 saturated carbocycles. The molecule has 0 aliphatic carbocycles. The number of aromatic nitrogens is 2. The van der Waals surface area contributed by atoms with E-state index in [4.69, 9.17) is 16.9 Å². The first-order valence-corrected chi connectivity index (χ1v) is 6.89. The molecule has 0 amide bonds. The van der Waals surface area contributed by atoms with Crippen LogP contribution < -0.4 is 10.9 Å². The number of aryl methyl sites for hydroxylation is 1. The summed E-state index contributed by atoms with van der Waals surface area (Å²) in [5.74, 6) is 0. The van der Waals surface area contributed by atoms with Gasteiger partial charge in [0.05, 0.1) is 11.2 Å².